The van der Waals surface area contributed by atoms with Gasteiger partial charge in [0.1, 0.15) is 17.2 Å². The van der Waals surface area contributed by atoms with Crippen molar-refractivity contribution in [1.82, 2.24) is 9.97 Å². The van der Waals surface area contributed by atoms with Gasteiger partial charge in [-0.1, -0.05) is 0 Å². The zero-order valence-electron chi connectivity index (χ0n) is 18.1. The number of aliphatic hydroxyl groups is 1. The number of nitrogens with two attached hydrogens (primary N) is 1. The zero-order valence-corrected chi connectivity index (χ0v) is 18.9. The lowest BCUT2D eigenvalue weighted by atomic mass is 9.97. The van der Waals surface area contributed by atoms with Gasteiger partial charge in [-0.05, 0) is 25.5 Å². The number of anilines is 1. The molecule has 0 radical (unpaired) electrons. The van der Waals surface area contributed by atoms with Crippen LogP contribution in [0.5, 0.6) is 11.5 Å². The van der Waals surface area contributed by atoms with Crippen LogP contribution in [0.1, 0.15) is 36.1 Å². The Morgan fingerprint density at radius 1 is 1.36 bits per heavy atom. The Morgan fingerprint density at radius 2 is 2.12 bits per heavy atom. The van der Waals surface area contributed by atoms with Crippen molar-refractivity contribution in [2.75, 3.05) is 30.9 Å². The van der Waals surface area contributed by atoms with Gasteiger partial charge in [-0.15, -0.1) is 0 Å². The van der Waals surface area contributed by atoms with Crippen molar-refractivity contribution >= 4 is 16.0 Å². The van der Waals surface area contributed by atoms with Gasteiger partial charge in [0.15, 0.2) is 0 Å². The molecule has 3 heterocycles. The largest absolute Gasteiger partial charge is 0.496 e. The highest BCUT2D eigenvalue weighted by atomic mass is 32.2. The number of fused-ring (bicyclic) bond motifs is 2. The number of ether oxygens (including phenoxy) is 2. The van der Waals surface area contributed by atoms with Crippen LogP contribution < -0.4 is 19.5 Å². The normalized spacial score (nSPS) is 25.3. The van der Waals surface area contributed by atoms with E-state index in [0.717, 1.165) is 0 Å². The van der Waals surface area contributed by atoms with Crippen LogP contribution in [0.25, 0.3) is 11.3 Å². The molecule has 1 aromatic heterocycles. The minimum atomic E-state index is -3.75. The minimum absolute atomic E-state index is 0.111. The number of β-amino-alcohol motifs (C(OH)–C–C–N with tert-alkyl or cyclic N) is 1. The molecule has 178 valence electrons. The number of primary sulfonamides is 1. The van der Waals surface area contributed by atoms with Crippen LogP contribution in [0.4, 0.5) is 14.7 Å². The zero-order chi connectivity index (χ0) is 23.7. The number of rotatable bonds is 5. The second-order valence-corrected chi connectivity index (χ2v) is 10.5. The second-order valence-electron chi connectivity index (χ2n) is 8.79. The Hall–Kier alpha value is -2.57. The predicted octanol–water partition coefficient (Wildman–Crippen LogP) is 1.52. The lowest BCUT2D eigenvalue weighted by molar-refractivity contribution is -0.00603. The SMILES string of the molecule is COc1cc(-c2nc(N3C[C@@H](O)[C@@H]3C)nc3c2CCC3(F)F)cc2c1[C@@H](CS(N)(=O)=O)CO2. The van der Waals surface area contributed by atoms with Crippen molar-refractivity contribution < 1.29 is 31.8 Å². The minimum Gasteiger partial charge on any atom is -0.496 e. The van der Waals surface area contributed by atoms with Gasteiger partial charge in [-0.25, -0.2) is 23.5 Å². The second kappa shape index (κ2) is 7.47. The number of aliphatic hydroxyl groups excluding tert-OH is 1. The number of methoxy groups -OCH3 is 1. The molecular formula is C21H24F2N4O5S. The molecule has 1 aromatic carbocycles. The van der Waals surface area contributed by atoms with Crippen LogP contribution in [-0.4, -0.2) is 61.7 Å². The Kier molecular flexibility index (Phi) is 5.03. The van der Waals surface area contributed by atoms with Crippen LogP contribution in [-0.2, 0) is 22.4 Å². The van der Waals surface area contributed by atoms with Crippen LogP contribution in [0, 0.1) is 0 Å². The summed E-state index contributed by atoms with van der Waals surface area (Å²) in [5, 5.41) is 15.1. The Bertz CT molecular complexity index is 1240. The molecule has 33 heavy (non-hydrogen) atoms. The summed E-state index contributed by atoms with van der Waals surface area (Å²) in [5.74, 6) is -2.96. The molecule has 2 aromatic rings. The smallest absolute Gasteiger partial charge is 0.290 e. The third-order valence-corrected chi connectivity index (χ3v) is 7.47. The van der Waals surface area contributed by atoms with E-state index < -0.39 is 28.0 Å². The van der Waals surface area contributed by atoms with E-state index in [-0.39, 0.29) is 49.4 Å². The molecular weight excluding hydrogens is 458 g/mol. The van der Waals surface area contributed by atoms with Crippen molar-refractivity contribution in [2.24, 2.45) is 5.14 Å². The van der Waals surface area contributed by atoms with Gasteiger partial charge < -0.3 is 19.5 Å². The number of nitrogens with zero attached hydrogens (tertiary/aromatic N) is 3. The highest BCUT2D eigenvalue weighted by molar-refractivity contribution is 7.89. The van der Waals surface area contributed by atoms with Crippen molar-refractivity contribution in [2.45, 2.75) is 43.8 Å². The fourth-order valence-electron chi connectivity index (χ4n) is 4.75. The molecule has 0 unspecified atom stereocenters. The summed E-state index contributed by atoms with van der Waals surface area (Å²) in [7, 11) is -2.30. The molecule has 1 aliphatic carbocycles. The molecule has 5 rings (SSSR count). The summed E-state index contributed by atoms with van der Waals surface area (Å²) >= 11 is 0. The summed E-state index contributed by atoms with van der Waals surface area (Å²) < 4.78 is 63.8. The van der Waals surface area contributed by atoms with E-state index in [0.29, 0.717) is 33.9 Å². The van der Waals surface area contributed by atoms with Crippen LogP contribution in [0.3, 0.4) is 0 Å². The van der Waals surface area contributed by atoms with Gasteiger partial charge >= 0.3 is 0 Å². The van der Waals surface area contributed by atoms with Gasteiger partial charge in [0.25, 0.3) is 5.92 Å². The first-order valence-corrected chi connectivity index (χ1v) is 12.3. The fraction of sp³-hybridized carbons (Fsp3) is 0.524. The number of aromatic nitrogens is 2. The van der Waals surface area contributed by atoms with Gasteiger partial charge in [-0.2, -0.15) is 8.78 Å². The topological polar surface area (TPSA) is 128 Å². The maximum Gasteiger partial charge on any atom is 0.290 e. The van der Waals surface area contributed by atoms with Crippen LogP contribution in [0.2, 0.25) is 0 Å². The van der Waals surface area contributed by atoms with Crippen LogP contribution in [0.15, 0.2) is 12.1 Å². The number of hydrogen-bond acceptors (Lipinski definition) is 8. The van der Waals surface area contributed by atoms with E-state index in [4.69, 9.17) is 14.6 Å². The van der Waals surface area contributed by atoms with E-state index >= 15 is 0 Å². The maximum absolute atomic E-state index is 14.7. The monoisotopic (exact) mass is 482 g/mol. The Morgan fingerprint density at radius 3 is 2.76 bits per heavy atom. The van der Waals surface area contributed by atoms with E-state index in [1.807, 2.05) is 0 Å². The fourth-order valence-corrected chi connectivity index (χ4v) is 5.57. The van der Waals surface area contributed by atoms with Crippen molar-refractivity contribution in [3.63, 3.8) is 0 Å². The van der Waals surface area contributed by atoms with E-state index in [1.165, 1.54) is 7.11 Å². The summed E-state index contributed by atoms with van der Waals surface area (Å²) in [6.07, 6.45) is -0.819. The third kappa shape index (κ3) is 3.69. The average molecular weight is 483 g/mol. The number of benzene rings is 1. The van der Waals surface area contributed by atoms with Crippen LogP contribution >= 0.6 is 0 Å². The number of alkyl halides is 2. The Labute approximate surface area is 189 Å². The summed E-state index contributed by atoms with van der Waals surface area (Å²) in [6, 6.07) is 3.03. The Balaban J connectivity index is 1.64. The van der Waals surface area contributed by atoms with E-state index in [1.54, 1.807) is 24.0 Å². The van der Waals surface area contributed by atoms with Gasteiger partial charge in [0.05, 0.1) is 37.3 Å². The van der Waals surface area contributed by atoms with Gasteiger partial charge in [0.2, 0.25) is 16.0 Å². The molecule has 0 amide bonds. The molecule has 1 saturated heterocycles. The van der Waals surface area contributed by atoms with Crippen molar-refractivity contribution in [1.29, 1.82) is 0 Å². The lowest BCUT2D eigenvalue weighted by Crippen LogP contribution is -2.59. The first-order chi connectivity index (χ1) is 15.5. The number of halogens is 2. The molecule has 0 spiro atoms. The molecule has 3 atom stereocenters. The maximum atomic E-state index is 14.7. The molecule has 3 aliphatic rings. The standard InChI is InChI=1S/C21H24F2N4O5S/c1-10-14(28)7-27(10)20-25-18(13-3-4-21(22,23)19(13)26-20)11-5-15(31-2)17-12(9-33(24,29)30)8-32-16(17)6-11/h5-6,10,12,14,28H,3-4,7-9H2,1-2H3,(H2,24,29,30)/t10-,12+,14+/m0/s1. The third-order valence-electron chi connectivity index (χ3n) is 6.60. The molecule has 0 saturated carbocycles. The molecule has 3 N–H and O–H groups in total. The van der Waals surface area contributed by atoms with E-state index in [2.05, 4.69) is 9.97 Å². The molecule has 0 bridgehead atoms. The van der Waals surface area contributed by atoms with Gasteiger partial charge in [-0.3, -0.25) is 0 Å². The summed E-state index contributed by atoms with van der Waals surface area (Å²) in [4.78, 5) is 10.5. The van der Waals surface area contributed by atoms with Crippen molar-refractivity contribution in [3.8, 4) is 22.8 Å². The quantitative estimate of drug-likeness (QED) is 0.657. The molecule has 2 aliphatic heterocycles. The molecule has 1 fully saturated rings. The lowest BCUT2D eigenvalue weighted by Gasteiger charge is -2.43. The summed E-state index contributed by atoms with van der Waals surface area (Å²) in [5.41, 5.74) is 1.49. The molecule has 9 nitrogen and oxygen atoms in total. The highest BCUT2D eigenvalue weighted by Crippen LogP contribution is 2.48. The predicted molar refractivity (Wildman–Crippen MR) is 115 cm³/mol. The van der Waals surface area contributed by atoms with Gasteiger partial charge in [0, 0.05) is 35.6 Å². The molecule has 12 heteroatoms. The number of hydrogen-bond donors (Lipinski definition) is 2. The summed E-state index contributed by atoms with van der Waals surface area (Å²) in [6.45, 7) is 2.15. The average Bonchev–Trinajstić information content (AvgIpc) is 3.29. The van der Waals surface area contributed by atoms with E-state index in [9.17, 15) is 22.3 Å². The first-order valence-electron chi connectivity index (χ1n) is 10.6. The first kappa shape index (κ1) is 22.2. The highest BCUT2D eigenvalue weighted by Gasteiger charge is 2.45. The van der Waals surface area contributed by atoms with Crippen molar-refractivity contribution in [3.05, 3.63) is 29.0 Å². The number of sulfonamides is 1.